The molecule has 0 saturated heterocycles. The number of nitrogens with one attached hydrogen (secondary N) is 1. The van der Waals surface area contributed by atoms with Crippen LogP contribution in [0.3, 0.4) is 0 Å². The number of hydrogen-bond acceptors (Lipinski definition) is 7. The first-order valence-electron chi connectivity index (χ1n) is 8.14. The van der Waals surface area contributed by atoms with Crippen LogP contribution in [0.15, 0.2) is 71.6 Å². The maximum absolute atomic E-state index is 13.4. The Hall–Kier alpha value is -4.14. The van der Waals surface area contributed by atoms with Crippen molar-refractivity contribution < 1.29 is 13.7 Å². The van der Waals surface area contributed by atoms with Gasteiger partial charge in [0.15, 0.2) is 12.2 Å². The smallest absolute Gasteiger partial charge is 0.270 e. The molecule has 0 aliphatic rings. The van der Waals surface area contributed by atoms with Crippen molar-refractivity contribution in [1.29, 1.82) is 0 Å². The first-order chi connectivity index (χ1) is 13.6. The Morgan fingerprint density at radius 2 is 1.93 bits per heavy atom. The van der Waals surface area contributed by atoms with Gasteiger partial charge in [0.2, 0.25) is 5.95 Å². The van der Waals surface area contributed by atoms with Crippen LogP contribution in [0.25, 0.3) is 22.7 Å². The average molecular weight is 377 g/mol. The number of halogens is 1. The highest BCUT2D eigenvalue weighted by molar-refractivity contribution is 5.76. The summed E-state index contributed by atoms with van der Waals surface area (Å²) in [4.78, 5) is 23.2. The number of aromatic nitrogens is 3. The van der Waals surface area contributed by atoms with E-state index in [0.29, 0.717) is 28.4 Å². The predicted octanol–water partition coefficient (Wildman–Crippen LogP) is 4.59. The summed E-state index contributed by atoms with van der Waals surface area (Å²) in [6, 6.07) is 13.6. The molecule has 1 N–H and O–H groups in total. The molecule has 28 heavy (non-hydrogen) atoms. The summed E-state index contributed by atoms with van der Waals surface area (Å²) in [6.07, 6.45) is 2.76. The molecule has 2 heterocycles. The minimum atomic E-state index is -0.477. The summed E-state index contributed by atoms with van der Waals surface area (Å²) in [5.74, 6) is 0.194. The minimum Gasteiger partial charge on any atom is -0.441 e. The van der Waals surface area contributed by atoms with Crippen LogP contribution in [-0.2, 0) is 0 Å². The molecule has 0 fully saturated rings. The van der Waals surface area contributed by atoms with Crippen LogP contribution < -0.4 is 5.32 Å². The highest BCUT2D eigenvalue weighted by Gasteiger charge is 2.17. The van der Waals surface area contributed by atoms with E-state index >= 15 is 0 Å². The fourth-order valence-electron chi connectivity index (χ4n) is 2.64. The lowest BCUT2D eigenvalue weighted by Crippen LogP contribution is -1.98. The number of non-ortho nitro benzene ring substituents is 1. The third-order valence-electron chi connectivity index (χ3n) is 3.87. The molecule has 0 amide bonds. The molecule has 0 aliphatic carbocycles. The topological polar surface area (TPSA) is 107 Å². The zero-order chi connectivity index (χ0) is 19.5. The molecule has 0 atom stereocenters. The number of oxazole rings is 1. The molecule has 4 aromatic rings. The van der Waals surface area contributed by atoms with Crippen molar-refractivity contribution in [2.24, 2.45) is 0 Å². The molecule has 0 bridgehead atoms. The molecule has 0 radical (unpaired) electrons. The molecular weight excluding hydrogens is 365 g/mol. The van der Waals surface area contributed by atoms with Crippen molar-refractivity contribution in [3.8, 4) is 22.7 Å². The van der Waals surface area contributed by atoms with Gasteiger partial charge >= 0.3 is 0 Å². The number of benzene rings is 2. The Morgan fingerprint density at radius 1 is 1.07 bits per heavy atom. The molecule has 2 aromatic heterocycles. The van der Waals surface area contributed by atoms with Crippen LogP contribution in [0.5, 0.6) is 0 Å². The number of anilines is 2. The van der Waals surface area contributed by atoms with Gasteiger partial charge in [0.1, 0.15) is 17.2 Å². The Labute approximate surface area is 157 Å². The lowest BCUT2D eigenvalue weighted by atomic mass is 10.1. The Bertz CT molecular complexity index is 1160. The van der Waals surface area contributed by atoms with Gasteiger partial charge in [-0.15, -0.1) is 0 Å². The van der Waals surface area contributed by atoms with Crippen molar-refractivity contribution >= 4 is 17.3 Å². The molecule has 2 aromatic carbocycles. The fourth-order valence-corrected chi connectivity index (χ4v) is 2.64. The lowest BCUT2D eigenvalue weighted by molar-refractivity contribution is -0.384. The van der Waals surface area contributed by atoms with Gasteiger partial charge in [0.25, 0.3) is 5.69 Å². The van der Waals surface area contributed by atoms with E-state index in [0.717, 1.165) is 0 Å². The monoisotopic (exact) mass is 377 g/mol. The quantitative estimate of drug-likeness (QED) is 0.400. The average Bonchev–Trinajstić information content (AvgIpc) is 3.18. The first-order valence-corrected chi connectivity index (χ1v) is 8.14. The summed E-state index contributed by atoms with van der Waals surface area (Å²) >= 11 is 0. The van der Waals surface area contributed by atoms with Crippen LogP contribution in [0.4, 0.5) is 21.7 Å². The highest BCUT2D eigenvalue weighted by atomic mass is 19.1. The number of nitro groups is 1. The maximum atomic E-state index is 13.4. The number of hydrogen-bond donors (Lipinski definition) is 1. The van der Waals surface area contributed by atoms with Gasteiger partial charge in [0.05, 0.1) is 4.92 Å². The number of nitro benzene ring substituents is 1. The van der Waals surface area contributed by atoms with Gasteiger partial charge in [-0.3, -0.25) is 10.1 Å². The van der Waals surface area contributed by atoms with Crippen LogP contribution in [-0.4, -0.2) is 19.9 Å². The van der Waals surface area contributed by atoms with Crippen LogP contribution >= 0.6 is 0 Å². The van der Waals surface area contributed by atoms with Gasteiger partial charge in [-0.05, 0) is 24.3 Å². The summed E-state index contributed by atoms with van der Waals surface area (Å²) in [5.41, 5.74) is 1.81. The molecule has 4 rings (SSSR count). The maximum Gasteiger partial charge on any atom is 0.270 e. The summed E-state index contributed by atoms with van der Waals surface area (Å²) < 4.78 is 18.8. The van der Waals surface area contributed by atoms with E-state index in [1.54, 1.807) is 30.3 Å². The molecule has 0 unspecified atom stereocenters. The summed E-state index contributed by atoms with van der Waals surface area (Å²) in [6.45, 7) is 0. The predicted molar refractivity (Wildman–Crippen MR) is 99.3 cm³/mol. The third kappa shape index (κ3) is 3.54. The van der Waals surface area contributed by atoms with Crippen LogP contribution in [0, 0.1) is 15.9 Å². The van der Waals surface area contributed by atoms with Crippen LogP contribution in [0.1, 0.15) is 0 Å². The van der Waals surface area contributed by atoms with Gasteiger partial charge in [-0.1, -0.05) is 18.2 Å². The molecular formula is C19H12FN5O3. The van der Waals surface area contributed by atoms with E-state index in [1.807, 2.05) is 0 Å². The second kappa shape index (κ2) is 7.23. The molecule has 8 nitrogen and oxygen atoms in total. The molecule has 138 valence electrons. The Kier molecular flexibility index (Phi) is 4.47. The first kappa shape index (κ1) is 17.3. The van der Waals surface area contributed by atoms with Crippen molar-refractivity contribution in [1.82, 2.24) is 15.0 Å². The van der Waals surface area contributed by atoms with Crippen molar-refractivity contribution in [3.63, 3.8) is 0 Å². The highest BCUT2D eigenvalue weighted by Crippen LogP contribution is 2.32. The number of nitrogens with zero attached hydrogens (tertiary/aromatic N) is 4. The second-order valence-electron chi connectivity index (χ2n) is 5.74. The standard InChI is InChI=1S/C19H12FN5O3/c20-13-4-2-5-14(10-13)23-19-21-8-7-16(24-19)18-17(22-11-28-18)12-3-1-6-15(9-12)25(26)27/h1-11H,(H,21,23,24). The van der Waals surface area contributed by atoms with Crippen molar-refractivity contribution in [2.75, 3.05) is 5.32 Å². The van der Waals surface area contributed by atoms with Gasteiger partial charge in [-0.2, -0.15) is 0 Å². The Balaban J connectivity index is 1.69. The summed E-state index contributed by atoms with van der Waals surface area (Å²) in [7, 11) is 0. The molecule has 0 saturated carbocycles. The SMILES string of the molecule is O=[N+]([O-])c1cccc(-c2ncoc2-c2ccnc(Nc3cccc(F)c3)n2)c1. The summed E-state index contributed by atoms with van der Waals surface area (Å²) in [5, 5.41) is 13.9. The fraction of sp³-hybridized carbons (Fsp3) is 0. The largest absolute Gasteiger partial charge is 0.441 e. The normalized spacial score (nSPS) is 10.6. The minimum absolute atomic E-state index is 0.0532. The van der Waals surface area contributed by atoms with E-state index < -0.39 is 4.92 Å². The van der Waals surface area contributed by atoms with Gasteiger partial charge in [0, 0.05) is 29.6 Å². The van der Waals surface area contributed by atoms with E-state index in [2.05, 4.69) is 20.3 Å². The second-order valence-corrected chi connectivity index (χ2v) is 5.74. The zero-order valence-corrected chi connectivity index (χ0v) is 14.2. The lowest BCUT2D eigenvalue weighted by Gasteiger charge is -2.06. The van der Waals surface area contributed by atoms with E-state index in [-0.39, 0.29) is 17.5 Å². The van der Waals surface area contributed by atoms with Gasteiger partial charge in [-0.25, -0.2) is 19.3 Å². The van der Waals surface area contributed by atoms with E-state index in [1.165, 1.54) is 36.9 Å². The molecule has 0 aliphatic heterocycles. The van der Waals surface area contributed by atoms with Crippen molar-refractivity contribution in [2.45, 2.75) is 0 Å². The number of rotatable bonds is 5. The van der Waals surface area contributed by atoms with Crippen molar-refractivity contribution in [3.05, 3.63) is 83.1 Å². The third-order valence-corrected chi connectivity index (χ3v) is 3.87. The Morgan fingerprint density at radius 3 is 2.75 bits per heavy atom. The van der Waals surface area contributed by atoms with E-state index in [4.69, 9.17) is 4.42 Å². The molecule has 9 heteroatoms. The van der Waals surface area contributed by atoms with Gasteiger partial charge < -0.3 is 9.73 Å². The molecule has 0 spiro atoms. The van der Waals surface area contributed by atoms with E-state index in [9.17, 15) is 14.5 Å². The van der Waals surface area contributed by atoms with Crippen LogP contribution in [0.2, 0.25) is 0 Å². The zero-order valence-electron chi connectivity index (χ0n) is 14.2.